The maximum atomic E-state index is 13.8. The highest BCUT2D eigenvalue weighted by atomic mass is 19.2. The third-order valence-electron chi connectivity index (χ3n) is 2.91. The Hall–Kier alpha value is -1.00. The standard InChI is InChI=1S/C14H22F2N2/c1-4-9-18(3)10-13(17-5-2)11-7-6-8-12(15)14(11)16/h6-8,13,17H,4-5,9-10H2,1-3H3. The summed E-state index contributed by atoms with van der Waals surface area (Å²) >= 11 is 0. The summed E-state index contributed by atoms with van der Waals surface area (Å²) in [7, 11) is 1.99. The third kappa shape index (κ3) is 4.03. The van der Waals surface area contributed by atoms with Crippen molar-refractivity contribution in [1.29, 1.82) is 0 Å². The molecule has 0 bridgehead atoms. The minimum Gasteiger partial charge on any atom is -0.309 e. The number of hydrogen-bond donors (Lipinski definition) is 1. The van der Waals surface area contributed by atoms with E-state index in [2.05, 4.69) is 17.1 Å². The molecule has 0 aliphatic heterocycles. The van der Waals surface area contributed by atoms with Crippen molar-refractivity contribution in [3.63, 3.8) is 0 Å². The Bertz CT molecular complexity index is 369. The zero-order valence-corrected chi connectivity index (χ0v) is 11.3. The Morgan fingerprint density at radius 3 is 2.61 bits per heavy atom. The molecule has 1 aromatic carbocycles. The molecule has 0 saturated heterocycles. The van der Waals surface area contributed by atoms with Gasteiger partial charge in [0, 0.05) is 18.2 Å². The second-order valence-corrected chi connectivity index (χ2v) is 4.52. The van der Waals surface area contributed by atoms with Gasteiger partial charge in [-0.15, -0.1) is 0 Å². The topological polar surface area (TPSA) is 15.3 Å². The maximum absolute atomic E-state index is 13.8. The molecule has 1 unspecified atom stereocenters. The van der Waals surface area contributed by atoms with Crippen molar-refractivity contribution in [3.05, 3.63) is 35.4 Å². The first-order chi connectivity index (χ1) is 8.60. The minimum atomic E-state index is -0.784. The maximum Gasteiger partial charge on any atom is 0.163 e. The van der Waals surface area contributed by atoms with E-state index in [9.17, 15) is 8.78 Å². The van der Waals surface area contributed by atoms with Crippen molar-refractivity contribution in [1.82, 2.24) is 10.2 Å². The first kappa shape index (κ1) is 15.1. The van der Waals surface area contributed by atoms with E-state index < -0.39 is 11.6 Å². The molecule has 18 heavy (non-hydrogen) atoms. The van der Waals surface area contributed by atoms with Gasteiger partial charge in [-0.2, -0.15) is 0 Å². The van der Waals surface area contributed by atoms with Gasteiger partial charge in [-0.05, 0) is 32.6 Å². The van der Waals surface area contributed by atoms with Crippen LogP contribution in [0.25, 0.3) is 0 Å². The fraction of sp³-hybridized carbons (Fsp3) is 0.571. The third-order valence-corrected chi connectivity index (χ3v) is 2.91. The molecule has 0 saturated carbocycles. The van der Waals surface area contributed by atoms with Crippen LogP contribution >= 0.6 is 0 Å². The van der Waals surface area contributed by atoms with Gasteiger partial charge in [0.15, 0.2) is 11.6 Å². The molecule has 1 aromatic rings. The van der Waals surface area contributed by atoms with Crippen LogP contribution in [0.1, 0.15) is 31.9 Å². The van der Waals surface area contributed by atoms with E-state index >= 15 is 0 Å². The Morgan fingerprint density at radius 1 is 1.28 bits per heavy atom. The first-order valence-electron chi connectivity index (χ1n) is 6.46. The van der Waals surface area contributed by atoms with Crippen molar-refractivity contribution in [3.8, 4) is 0 Å². The average Bonchev–Trinajstić information content (AvgIpc) is 2.32. The summed E-state index contributed by atoms with van der Waals surface area (Å²) in [5, 5.41) is 3.21. The van der Waals surface area contributed by atoms with Crippen molar-refractivity contribution < 1.29 is 8.78 Å². The van der Waals surface area contributed by atoms with E-state index in [-0.39, 0.29) is 6.04 Å². The Labute approximate surface area is 108 Å². The van der Waals surface area contributed by atoms with Crippen LogP contribution in [0.15, 0.2) is 18.2 Å². The predicted octanol–water partition coefficient (Wildman–Crippen LogP) is 2.96. The van der Waals surface area contributed by atoms with Crippen molar-refractivity contribution in [2.45, 2.75) is 26.3 Å². The number of likely N-dealkylation sites (N-methyl/N-ethyl adjacent to an activating group) is 2. The summed E-state index contributed by atoms with van der Waals surface area (Å²) in [6.07, 6.45) is 1.04. The first-order valence-corrected chi connectivity index (χ1v) is 6.46. The molecule has 102 valence electrons. The summed E-state index contributed by atoms with van der Waals surface area (Å²) < 4.78 is 27.0. The van der Waals surface area contributed by atoms with Crippen LogP contribution in [0.3, 0.4) is 0 Å². The summed E-state index contributed by atoms with van der Waals surface area (Å²) in [4.78, 5) is 2.12. The molecule has 0 heterocycles. The lowest BCUT2D eigenvalue weighted by Gasteiger charge is -2.25. The molecule has 0 fully saturated rings. The van der Waals surface area contributed by atoms with Gasteiger partial charge in [0.25, 0.3) is 0 Å². The zero-order chi connectivity index (χ0) is 13.5. The summed E-state index contributed by atoms with van der Waals surface area (Å²) in [5.41, 5.74) is 0.403. The molecule has 0 spiro atoms. The fourth-order valence-corrected chi connectivity index (χ4v) is 2.09. The van der Waals surface area contributed by atoms with E-state index in [1.54, 1.807) is 12.1 Å². The van der Waals surface area contributed by atoms with Crippen LogP contribution in [-0.2, 0) is 0 Å². The van der Waals surface area contributed by atoms with Crippen LogP contribution in [0, 0.1) is 11.6 Å². The van der Waals surface area contributed by atoms with Crippen molar-refractivity contribution in [2.24, 2.45) is 0 Å². The van der Waals surface area contributed by atoms with Gasteiger partial charge >= 0.3 is 0 Å². The van der Waals surface area contributed by atoms with Crippen molar-refractivity contribution >= 4 is 0 Å². The normalized spacial score (nSPS) is 13.0. The van der Waals surface area contributed by atoms with Gasteiger partial charge in [0.2, 0.25) is 0 Å². The molecule has 1 atom stereocenters. The number of nitrogens with one attached hydrogen (secondary N) is 1. The van der Waals surface area contributed by atoms with Gasteiger partial charge < -0.3 is 10.2 Å². The van der Waals surface area contributed by atoms with E-state index in [1.165, 1.54) is 0 Å². The van der Waals surface area contributed by atoms with Gasteiger partial charge in [0.1, 0.15) is 0 Å². The highest BCUT2D eigenvalue weighted by Crippen LogP contribution is 2.20. The highest BCUT2D eigenvalue weighted by molar-refractivity contribution is 5.23. The van der Waals surface area contributed by atoms with Gasteiger partial charge in [-0.3, -0.25) is 0 Å². The van der Waals surface area contributed by atoms with Gasteiger partial charge in [-0.25, -0.2) is 8.78 Å². The lowest BCUT2D eigenvalue weighted by atomic mass is 10.1. The van der Waals surface area contributed by atoms with E-state index in [4.69, 9.17) is 0 Å². The summed E-state index contributed by atoms with van der Waals surface area (Å²) in [5.74, 6) is -1.53. The lowest BCUT2D eigenvalue weighted by molar-refractivity contribution is 0.288. The molecule has 4 heteroatoms. The second-order valence-electron chi connectivity index (χ2n) is 4.52. The Morgan fingerprint density at radius 2 is 2.00 bits per heavy atom. The van der Waals surface area contributed by atoms with Crippen LogP contribution in [0.2, 0.25) is 0 Å². The van der Waals surface area contributed by atoms with Crippen molar-refractivity contribution in [2.75, 3.05) is 26.7 Å². The van der Waals surface area contributed by atoms with Crippen LogP contribution in [-0.4, -0.2) is 31.6 Å². The van der Waals surface area contributed by atoms with Crippen LogP contribution < -0.4 is 5.32 Å². The monoisotopic (exact) mass is 256 g/mol. The molecule has 1 N–H and O–H groups in total. The van der Waals surface area contributed by atoms with Gasteiger partial charge in [0.05, 0.1) is 0 Å². The van der Waals surface area contributed by atoms with Gasteiger partial charge in [-0.1, -0.05) is 26.0 Å². The smallest absolute Gasteiger partial charge is 0.163 e. The summed E-state index contributed by atoms with van der Waals surface area (Å²) in [6, 6.07) is 4.17. The predicted molar refractivity (Wildman–Crippen MR) is 70.6 cm³/mol. The molecule has 1 rings (SSSR count). The molecule has 2 nitrogen and oxygen atoms in total. The van der Waals surface area contributed by atoms with Crippen LogP contribution in [0.5, 0.6) is 0 Å². The lowest BCUT2D eigenvalue weighted by Crippen LogP contribution is -2.34. The SMILES string of the molecule is CCCN(C)CC(NCC)c1cccc(F)c1F. The Balaban J connectivity index is 2.86. The Kier molecular flexibility index (Phi) is 6.22. The number of rotatable bonds is 7. The minimum absolute atomic E-state index is 0.178. The van der Waals surface area contributed by atoms with E-state index in [0.29, 0.717) is 12.1 Å². The zero-order valence-electron chi connectivity index (χ0n) is 11.3. The molecule has 0 radical (unpaired) electrons. The average molecular weight is 256 g/mol. The quantitative estimate of drug-likeness (QED) is 0.807. The molecule has 0 amide bonds. The summed E-state index contributed by atoms with van der Waals surface area (Å²) in [6.45, 7) is 6.40. The van der Waals surface area contributed by atoms with Crippen LogP contribution in [0.4, 0.5) is 8.78 Å². The van der Waals surface area contributed by atoms with E-state index in [0.717, 1.165) is 25.6 Å². The molecule has 0 aliphatic rings. The number of halogens is 2. The molecular weight excluding hydrogens is 234 g/mol. The number of benzene rings is 1. The fourth-order valence-electron chi connectivity index (χ4n) is 2.09. The number of hydrogen-bond acceptors (Lipinski definition) is 2. The highest BCUT2D eigenvalue weighted by Gasteiger charge is 2.18. The van der Waals surface area contributed by atoms with E-state index in [1.807, 2.05) is 14.0 Å². The number of nitrogens with zero attached hydrogens (tertiary/aromatic N) is 1. The largest absolute Gasteiger partial charge is 0.309 e. The molecular formula is C14H22F2N2. The molecule has 0 aliphatic carbocycles. The second kappa shape index (κ2) is 7.44. The molecule has 0 aromatic heterocycles.